The molecule has 1 rings (SSSR count). The van der Waals surface area contributed by atoms with Crippen molar-refractivity contribution in [1.29, 1.82) is 0 Å². The monoisotopic (exact) mass is 101 g/mol. The highest BCUT2D eigenvalue weighted by Gasteiger charge is 2.11. The molecule has 0 bridgehead atoms. The highest BCUT2D eigenvalue weighted by molar-refractivity contribution is 4.79. The third-order valence-electron chi connectivity index (χ3n) is 1.40. The van der Waals surface area contributed by atoms with Crippen molar-refractivity contribution < 1.29 is 4.39 Å². The first-order valence-corrected chi connectivity index (χ1v) is 2.90. The second-order valence-corrected chi connectivity index (χ2v) is 2.08. The minimum atomic E-state index is 0.214. The van der Waals surface area contributed by atoms with E-state index < -0.39 is 0 Å². The van der Waals surface area contributed by atoms with E-state index in [2.05, 4.69) is 0 Å². The summed E-state index contributed by atoms with van der Waals surface area (Å²) in [6.45, 7) is 0. The fourth-order valence-corrected chi connectivity index (χ4v) is 0.935. The van der Waals surface area contributed by atoms with E-state index in [0.29, 0.717) is 0 Å². The topological polar surface area (TPSA) is 0 Å². The van der Waals surface area contributed by atoms with Crippen LogP contribution in [0.5, 0.6) is 0 Å². The molecule has 0 unspecified atom stereocenters. The Bertz CT molecular complexity index is 46.1. The molecule has 0 saturated heterocycles. The maximum Gasteiger partial charge on any atom is 0.144 e. The van der Waals surface area contributed by atoms with Crippen molar-refractivity contribution in [2.75, 3.05) is 0 Å². The van der Waals surface area contributed by atoms with E-state index >= 15 is 0 Å². The van der Waals surface area contributed by atoms with Crippen molar-refractivity contribution >= 4 is 0 Å². The molecule has 0 aromatic carbocycles. The van der Waals surface area contributed by atoms with Crippen molar-refractivity contribution in [2.24, 2.45) is 0 Å². The molecule has 0 aliphatic heterocycles. The molecule has 1 aliphatic rings. The van der Waals surface area contributed by atoms with Gasteiger partial charge < -0.3 is 0 Å². The SMILES string of the molecule is F[C]1CCCCC1. The molecule has 0 atom stereocenters. The first-order chi connectivity index (χ1) is 3.39. The molecule has 0 aromatic heterocycles. The van der Waals surface area contributed by atoms with Gasteiger partial charge in [0.05, 0.1) is 0 Å². The van der Waals surface area contributed by atoms with Crippen LogP contribution < -0.4 is 0 Å². The molecular formula is C6H10F. The molecule has 0 spiro atoms. The van der Waals surface area contributed by atoms with E-state index in [1.54, 1.807) is 0 Å². The molecule has 0 nitrogen and oxygen atoms in total. The first kappa shape index (κ1) is 5.07. The number of halogens is 1. The molecule has 1 heteroatoms. The van der Waals surface area contributed by atoms with Crippen LogP contribution in [0, 0.1) is 6.17 Å². The Hall–Kier alpha value is -0.0700. The van der Waals surface area contributed by atoms with Gasteiger partial charge in [0.15, 0.2) is 0 Å². The Morgan fingerprint density at radius 3 is 1.86 bits per heavy atom. The molecule has 41 valence electrons. The fourth-order valence-electron chi connectivity index (χ4n) is 0.935. The lowest BCUT2D eigenvalue weighted by molar-refractivity contribution is 0.366. The lowest BCUT2D eigenvalue weighted by atomic mass is 9.99. The van der Waals surface area contributed by atoms with Crippen LogP contribution in [0.3, 0.4) is 0 Å². The minimum absolute atomic E-state index is 0.214. The molecule has 1 radical (unpaired) electrons. The average Bonchev–Trinajstić information content (AvgIpc) is 1.69. The maximum atomic E-state index is 12.1. The number of rotatable bonds is 0. The van der Waals surface area contributed by atoms with Crippen LogP contribution in [-0.2, 0) is 0 Å². The summed E-state index contributed by atoms with van der Waals surface area (Å²) in [4.78, 5) is 0. The maximum absolute atomic E-state index is 12.1. The summed E-state index contributed by atoms with van der Waals surface area (Å²) >= 11 is 0. The van der Waals surface area contributed by atoms with Crippen LogP contribution >= 0.6 is 0 Å². The molecule has 7 heavy (non-hydrogen) atoms. The van der Waals surface area contributed by atoms with Crippen LogP contribution in [0.15, 0.2) is 0 Å². The Labute approximate surface area is 43.7 Å². The summed E-state index contributed by atoms with van der Waals surface area (Å²) in [5.41, 5.74) is 0. The lowest BCUT2D eigenvalue weighted by Gasteiger charge is -2.11. The van der Waals surface area contributed by atoms with Crippen molar-refractivity contribution in [2.45, 2.75) is 32.1 Å². The van der Waals surface area contributed by atoms with E-state index in [0.717, 1.165) is 25.7 Å². The molecule has 1 saturated carbocycles. The van der Waals surface area contributed by atoms with Gasteiger partial charge in [-0.25, -0.2) is 4.39 Å². The van der Waals surface area contributed by atoms with Gasteiger partial charge in [-0.3, -0.25) is 0 Å². The second kappa shape index (κ2) is 2.29. The minimum Gasteiger partial charge on any atom is -0.240 e. The van der Waals surface area contributed by atoms with E-state index in [1.165, 1.54) is 6.42 Å². The molecule has 0 amide bonds. The van der Waals surface area contributed by atoms with Crippen LogP contribution in [0.25, 0.3) is 0 Å². The summed E-state index contributed by atoms with van der Waals surface area (Å²) in [7, 11) is 0. The van der Waals surface area contributed by atoms with Gasteiger partial charge in [0.2, 0.25) is 0 Å². The number of hydrogen-bond donors (Lipinski definition) is 0. The smallest absolute Gasteiger partial charge is 0.144 e. The van der Waals surface area contributed by atoms with Gasteiger partial charge in [-0.1, -0.05) is 19.3 Å². The Kier molecular flexibility index (Phi) is 1.66. The fraction of sp³-hybridized carbons (Fsp3) is 0.833. The number of hydrogen-bond acceptors (Lipinski definition) is 0. The van der Waals surface area contributed by atoms with Gasteiger partial charge in [-0.15, -0.1) is 0 Å². The Morgan fingerprint density at radius 1 is 1.00 bits per heavy atom. The molecule has 0 heterocycles. The van der Waals surface area contributed by atoms with Gasteiger partial charge in [-0.05, 0) is 12.8 Å². The van der Waals surface area contributed by atoms with E-state index in [9.17, 15) is 4.39 Å². The molecule has 1 fully saturated rings. The van der Waals surface area contributed by atoms with Crippen LogP contribution in [0.1, 0.15) is 32.1 Å². The molecule has 1 aliphatic carbocycles. The predicted octanol–water partition coefficient (Wildman–Crippen LogP) is 2.45. The zero-order valence-electron chi connectivity index (χ0n) is 4.41. The summed E-state index contributed by atoms with van der Waals surface area (Å²) in [5.74, 6) is 0. The molecular weight excluding hydrogens is 91.1 g/mol. The highest BCUT2D eigenvalue weighted by Crippen LogP contribution is 2.25. The van der Waals surface area contributed by atoms with Crippen LogP contribution in [0.2, 0.25) is 0 Å². The van der Waals surface area contributed by atoms with Crippen molar-refractivity contribution in [3.63, 3.8) is 0 Å². The predicted molar refractivity (Wildman–Crippen MR) is 27.4 cm³/mol. The van der Waals surface area contributed by atoms with Crippen LogP contribution in [0.4, 0.5) is 4.39 Å². The quantitative estimate of drug-likeness (QED) is 0.439. The van der Waals surface area contributed by atoms with Crippen molar-refractivity contribution in [3.05, 3.63) is 6.17 Å². The summed E-state index contributed by atoms with van der Waals surface area (Å²) in [6, 6.07) is 0. The summed E-state index contributed by atoms with van der Waals surface area (Å²) < 4.78 is 12.1. The van der Waals surface area contributed by atoms with Crippen molar-refractivity contribution in [1.82, 2.24) is 0 Å². The molecule has 0 N–H and O–H groups in total. The van der Waals surface area contributed by atoms with Gasteiger partial charge >= 0.3 is 0 Å². The van der Waals surface area contributed by atoms with E-state index in [-0.39, 0.29) is 6.17 Å². The average molecular weight is 101 g/mol. The lowest BCUT2D eigenvalue weighted by Crippen LogP contribution is -1.96. The second-order valence-electron chi connectivity index (χ2n) is 2.08. The summed E-state index contributed by atoms with van der Waals surface area (Å²) in [6.07, 6.45) is 5.07. The normalized spacial score (nSPS) is 25.3. The molecule has 0 aromatic rings. The Balaban J connectivity index is 2.12. The van der Waals surface area contributed by atoms with Gasteiger partial charge in [0.1, 0.15) is 6.17 Å². The third-order valence-corrected chi connectivity index (χ3v) is 1.40. The van der Waals surface area contributed by atoms with Gasteiger partial charge in [-0.2, -0.15) is 0 Å². The Morgan fingerprint density at radius 2 is 1.57 bits per heavy atom. The largest absolute Gasteiger partial charge is 0.240 e. The first-order valence-electron chi connectivity index (χ1n) is 2.90. The van der Waals surface area contributed by atoms with Gasteiger partial charge in [0, 0.05) is 0 Å². The highest BCUT2D eigenvalue weighted by atomic mass is 19.1. The zero-order chi connectivity index (χ0) is 5.11. The standard InChI is InChI=1S/C6H10F/c7-6-4-2-1-3-5-6/h1-5H2. The van der Waals surface area contributed by atoms with Crippen molar-refractivity contribution in [3.8, 4) is 0 Å². The zero-order valence-corrected chi connectivity index (χ0v) is 4.41. The van der Waals surface area contributed by atoms with E-state index in [1.807, 2.05) is 0 Å². The van der Waals surface area contributed by atoms with Crippen LogP contribution in [-0.4, -0.2) is 0 Å². The van der Waals surface area contributed by atoms with E-state index in [4.69, 9.17) is 0 Å². The third kappa shape index (κ3) is 1.46. The van der Waals surface area contributed by atoms with Gasteiger partial charge in [0.25, 0.3) is 0 Å². The summed E-state index contributed by atoms with van der Waals surface area (Å²) in [5, 5.41) is 0.